The number of fused-ring (bicyclic) bond motifs is 23. The molecule has 2 unspecified atom stereocenters. The van der Waals surface area contributed by atoms with E-state index in [1.807, 2.05) is 22.7 Å². The summed E-state index contributed by atoms with van der Waals surface area (Å²) in [5.41, 5.74) is 16.1. The molecule has 1 aliphatic carbocycles. The van der Waals surface area contributed by atoms with Crippen LogP contribution in [0, 0.1) is 0 Å². The Labute approximate surface area is 459 Å². The van der Waals surface area contributed by atoms with Crippen molar-refractivity contribution in [3.05, 3.63) is 248 Å². The lowest BCUT2D eigenvalue weighted by molar-refractivity contribution is 0.677. The monoisotopic (exact) mass is 1040 g/mol. The van der Waals surface area contributed by atoms with Gasteiger partial charge in [0.05, 0.1) is 49.9 Å². The highest BCUT2D eigenvalue weighted by Gasteiger charge is 2.37. The minimum atomic E-state index is 0.250. The molecule has 0 spiro atoms. The van der Waals surface area contributed by atoms with Crippen LogP contribution in [0.15, 0.2) is 247 Å². The second-order valence-corrected chi connectivity index (χ2v) is 23.7. The number of anilines is 2. The Morgan fingerprint density at radius 3 is 1.24 bits per heavy atom. The number of furan rings is 1. The lowest BCUT2D eigenvalue weighted by atomic mass is 9.91. The second-order valence-electron chi connectivity index (χ2n) is 21.5. The fourth-order valence-electron chi connectivity index (χ4n) is 14.2. The van der Waals surface area contributed by atoms with E-state index in [-0.39, 0.29) is 6.04 Å². The van der Waals surface area contributed by atoms with Crippen molar-refractivity contribution in [1.29, 1.82) is 0 Å². The Hall–Kier alpha value is -9.66. The molecule has 2 atom stereocenters. The number of hydrogen-bond donors (Lipinski definition) is 0. The molecular weight excluding hydrogens is 1000 g/mol. The minimum absolute atomic E-state index is 0.250. The smallest absolute Gasteiger partial charge is 0.145 e. The van der Waals surface area contributed by atoms with Crippen molar-refractivity contribution in [2.24, 2.45) is 0 Å². The van der Waals surface area contributed by atoms with Crippen molar-refractivity contribution in [2.75, 3.05) is 4.90 Å². The number of benzene rings is 11. The maximum atomic E-state index is 7.42. The van der Waals surface area contributed by atoms with Gasteiger partial charge in [0.1, 0.15) is 11.2 Å². The molecule has 6 aromatic heterocycles. The number of nitrogens with zero attached hydrogens (tertiary/aromatic N) is 4. The van der Waals surface area contributed by atoms with E-state index in [9.17, 15) is 0 Å². The molecule has 7 heterocycles. The van der Waals surface area contributed by atoms with Gasteiger partial charge in [-0.2, -0.15) is 0 Å². The molecule has 5 nitrogen and oxygen atoms in total. The Morgan fingerprint density at radius 2 is 0.722 bits per heavy atom. The average Bonchev–Trinajstić information content (AvgIpc) is 4.33. The van der Waals surface area contributed by atoms with Crippen LogP contribution >= 0.6 is 22.7 Å². The van der Waals surface area contributed by atoms with Crippen molar-refractivity contribution >= 4 is 162 Å². The summed E-state index contributed by atoms with van der Waals surface area (Å²) in [5, 5.41) is 14.5. The zero-order valence-corrected chi connectivity index (χ0v) is 43.9. The third kappa shape index (κ3) is 5.67. The molecule has 17 aromatic rings. The first-order valence-corrected chi connectivity index (χ1v) is 28.8. The molecule has 0 bridgehead atoms. The van der Waals surface area contributed by atoms with Gasteiger partial charge in [-0.15, -0.1) is 22.7 Å². The molecule has 0 amide bonds. The second kappa shape index (κ2) is 15.5. The van der Waals surface area contributed by atoms with E-state index in [4.69, 9.17) is 4.42 Å². The Bertz CT molecular complexity index is 5560. The molecule has 2 aliphatic rings. The molecule has 0 saturated heterocycles. The van der Waals surface area contributed by atoms with Gasteiger partial charge in [0, 0.05) is 107 Å². The zero-order valence-electron chi connectivity index (χ0n) is 42.3. The van der Waals surface area contributed by atoms with Crippen LogP contribution in [0.5, 0.6) is 0 Å². The highest BCUT2D eigenvalue weighted by Crippen LogP contribution is 2.50. The largest absolute Gasteiger partial charge is 0.455 e. The van der Waals surface area contributed by atoms with Gasteiger partial charge in [0.15, 0.2) is 0 Å². The van der Waals surface area contributed by atoms with Crippen molar-refractivity contribution in [1.82, 2.24) is 13.7 Å². The van der Waals surface area contributed by atoms with Gasteiger partial charge in [0.2, 0.25) is 0 Å². The van der Waals surface area contributed by atoms with Crippen LogP contribution in [0.2, 0.25) is 0 Å². The summed E-state index contributed by atoms with van der Waals surface area (Å²) in [5.74, 6) is 0.339. The summed E-state index contributed by atoms with van der Waals surface area (Å²) in [6.45, 7) is 0. The molecule has 79 heavy (non-hydrogen) atoms. The van der Waals surface area contributed by atoms with Gasteiger partial charge in [-0.05, 0) is 133 Å². The standard InChI is InChI=1S/C72H42N4OS2/c1-7-19-57-45(13-1)46-14-2-8-20-58(46)73(57)41-25-33-65-53(37-41)55-39-43(27-35-67(55)78-65)75-61-23-11-5-17-51(61)69-63(75)31-29-49-50-30-32-64-70(72(50)77-71(49)69)52-18-6-12-24-62(52)76(64)44-28-36-68-56(40-44)54-38-42(26-34-66(54)79-68)74-59-21-9-3-15-47(59)48-16-4-10-22-60(48)74/h1-40,45,57H. The topological polar surface area (TPSA) is 31.2 Å². The lowest BCUT2D eigenvalue weighted by Crippen LogP contribution is -2.28. The van der Waals surface area contributed by atoms with E-state index in [0.717, 1.165) is 66.2 Å². The third-order valence-corrected chi connectivity index (χ3v) is 19.8. The molecular formula is C72H42N4OS2. The maximum absolute atomic E-state index is 7.42. The summed E-state index contributed by atoms with van der Waals surface area (Å²) in [6.07, 6.45) is 9.11. The number of allylic oxidation sites excluding steroid dienone is 2. The van der Waals surface area contributed by atoms with E-state index in [1.54, 1.807) is 0 Å². The van der Waals surface area contributed by atoms with Crippen LogP contribution < -0.4 is 4.90 Å². The first kappa shape index (κ1) is 42.5. The van der Waals surface area contributed by atoms with E-state index < -0.39 is 0 Å². The number of para-hydroxylation sites is 5. The highest BCUT2D eigenvalue weighted by atomic mass is 32.1. The number of thiophene rings is 2. The molecule has 0 fully saturated rings. The molecule has 7 heteroatoms. The van der Waals surface area contributed by atoms with Crippen molar-refractivity contribution in [3.63, 3.8) is 0 Å². The van der Waals surface area contributed by atoms with E-state index in [2.05, 4.69) is 261 Å². The SMILES string of the molecule is C1=CC2c3ccccc3N(c3ccc4sc5ccc(-n6c7ccccc7c7c8oc9c(ccc%10c9c9ccccc9n%10-c9ccc%10sc%11ccc(-n%12c%13ccccc%13c%13ccccc%13%12)cc%11c%10c9)c8ccc76)cc5c4c3)C2C=C1. The summed E-state index contributed by atoms with van der Waals surface area (Å²) >= 11 is 3.73. The molecule has 11 aromatic carbocycles. The van der Waals surface area contributed by atoms with Crippen LogP contribution in [0.1, 0.15) is 11.5 Å². The zero-order chi connectivity index (χ0) is 51.2. The van der Waals surface area contributed by atoms with Gasteiger partial charge in [-0.25, -0.2) is 0 Å². The van der Waals surface area contributed by atoms with Crippen LogP contribution in [-0.2, 0) is 0 Å². The van der Waals surface area contributed by atoms with Gasteiger partial charge in [-0.3, -0.25) is 0 Å². The van der Waals surface area contributed by atoms with Crippen LogP contribution in [0.3, 0.4) is 0 Å². The molecule has 368 valence electrons. The molecule has 0 N–H and O–H groups in total. The van der Waals surface area contributed by atoms with Gasteiger partial charge >= 0.3 is 0 Å². The lowest BCUT2D eigenvalue weighted by Gasteiger charge is -2.28. The molecule has 0 radical (unpaired) electrons. The fraction of sp³-hybridized carbons (Fsp3) is 0.0278. The van der Waals surface area contributed by atoms with Gasteiger partial charge in [0.25, 0.3) is 0 Å². The predicted octanol–water partition coefficient (Wildman–Crippen LogP) is 20.3. The van der Waals surface area contributed by atoms with Crippen molar-refractivity contribution in [3.8, 4) is 17.1 Å². The third-order valence-electron chi connectivity index (χ3n) is 17.5. The van der Waals surface area contributed by atoms with Crippen LogP contribution in [-0.4, -0.2) is 19.7 Å². The van der Waals surface area contributed by atoms with Gasteiger partial charge < -0.3 is 23.0 Å². The maximum Gasteiger partial charge on any atom is 0.145 e. The van der Waals surface area contributed by atoms with Crippen LogP contribution in [0.25, 0.3) is 145 Å². The average molecular weight is 1040 g/mol. The Kier molecular flexibility index (Phi) is 8.34. The first-order valence-electron chi connectivity index (χ1n) is 27.1. The Balaban J connectivity index is 0.775. The van der Waals surface area contributed by atoms with Crippen LogP contribution in [0.4, 0.5) is 11.4 Å². The fourth-order valence-corrected chi connectivity index (χ4v) is 16.4. The van der Waals surface area contributed by atoms with Crippen molar-refractivity contribution in [2.45, 2.75) is 12.0 Å². The van der Waals surface area contributed by atoms with E-state index >= 15 is 0 Å². The normalized spacial score (nSPS) is 15.5. The number of rotatable bonds is 4. The molecule has 19 rings (SSSR count). The number of aromatic nitrogens is 3. The summed E-state index contributed by atoms with van der Waals surface area (Å²) in [6, 6.07) is 81.6. The van der Waals surface area contributed by atoms with E-state index in [0.29, 0.717) is 5.92 Å². The van der Waals surface area contributed by atoms with E-state index in [1.165, 1.54) is 95.5 Å². The Morgan fingerprint density at radius 1 is 0.316 bits per heavy atom. The quantitative estimate of drug-likeness (QED) is 0.176. The summed E-state index contributed by atoms with van der Waals surface area (Å²) in [4.78, 5) is 2.54. The molecule has 0 saturated carbocycles. The number of hydrogen-bond acceptors (Lipinski definition) is 4. The first-order chi connectivity index (χ1) is 39.2. The molecule has 1 aliphatic heterocycles. The van der Waals surface area contributed by atoms with Crippen molar-refractivity contribution < 1.29 is 4.42 Å². The van der Waals surface area contributed by atoms with Gasteiger partial charge in [-0.1, -0.05) is 115 Å². The summed E-state index contributed by atoms with van der Waals surface area (Å²) in [7, 11) is 0. The predicted molar refractivity (Wildman–Crippen MR) is 336 cm³/mol. The highest BCUT2D eigenvalue weighted by molar-refractivity contribution is 7.26. The minimum Gasteiger partial charge on any atom is -0.455 e. The summed E-state index contributed by atoms with van der Waals surface area (Å²) < 4.78 is 19.9.